The Morgan fingerprint density at radius 2 is 1.91 bits per heavy atom. The number of nitrogens with zero attached hydrogens (tertiary/aromatic N) is 3. The van der Waals surface area contributed by atoms with E-state index in [1.165, 1.54) is 18.4 Å². The highest BCUT2D eigenvalue weighted by Gasteiger charge is 2.55. The normalized spacial score (nSPS) is 32.1. The summed E-state index contributed by atoms with van der Waals surface area (Å²) in [7, 11) is 3.60. The number of nitrogens with one attached hydrogen (secondary N) is 1. The maximum atomic E-state index is 13.2. The second-order valence-electron chi connectivity index (χ2n) is 10.9. The van der Waals surface area contributed by atoms with Crippen LogP contribution in [0.1, 0.15) is 61.0 Å². The lowest BCUT2D eigenvalue weighted by atomic mass is 9.52. The predicted molar refractivity (Wildman–Crippen MR) is 125 cm³/mol. The van der Waals surface area contributed by atoms with E-state index in [4.69, 9.17) is 4.74 Å². The Morgan fingerprint density at radius 3 is 2.52 bits per heavy atom. The van der Waals surface area contributed by atoms with Gasteiger partial charge in [-0.3, -0.25) is 9.48 Å². The van der Waals surface area contributed by atoms with E-state index in [0.717, 1.165) is 50.2 Å². The first-order chi connectivity index (χ1) is 15.9. The van der Waals surface area contributed by atoms with Crippen molar-refractivity contribution in [3.63, 3.8) is 0 Å². The van der Waals surface area contributed by atoms with Gasteiger partial charge in [-0.15, -0.1) is 0 Å². The van der Waals surface area contributed by atoms with Crippen molar-refractivity contribution in [3.05, 3.63) is 41.6 Å². The molecule has 33 heavy (non-hydrogen) atoms. The number of carbonyl (C=O) groups is 1. The largest absolute Gasteiger partial charge is 0.497 e. The van der Waals surface area contributed by atoms with Gasteiger partial charge in [0.25, 0.3) is 5.91 Å². The second kappa shape index (κ2) is 7.76. The molecule has 176 valence electrons. The number of hydrogen-bond acceptors (Lipinski definition) is 5. The predicted octanol–water partition coefficient (Wildman–Crippen LogP) is 3.27. The van der Waals surface area contributed by atoms with E-state index in [1.807, 2.05) is 29.9 Å². The van der Waals surface area contributed by atoms with Gasteiger partial charge in [-0.25, -0.2) is 0 Å². The Labute approximate surface area is 195 Å². The second-order valence-corrected chi connectivity index (χ2v) is 10.9. The van der Waals surface area contributed by atoms with Crippen molar-refractivity contribution in [2.45, 2.75) is 69.2 Å². The number of carbonyl (C=O) groups excluding carboxylic acids is 1. The van der Waals surface area contributed by atoms with Crippen LogP contribution >= 0.6 is 0 Å². The van der Waals surface area contributed by atoms with Gasteiger partial charge in [0.1, 0.15) is 11.6 Å². The average Bonchev–Trinajstić information content (AvgIpc) is 3.55. The van der Waals surface area contributed by atoms with Gasteiger partial charge in [0.2, 0.25) is 0 Å². The van der Waals surface area contributed by atoms with Crippen molar-refractivity contribution in [1.82, 2.24) is 15.1 Å². The Kier molecular flexibility index (Phi) is 4.94. The molecule has 2 unspecified atom stereocenters. The summed E-state index contributed by atoms with van der Waals surface area (Å²) in [6.45, 7) is 0.780. The van der Waals surface area contributed by atoms with Crippen LogP contribution in [0.25, 0.3) is 0 Å². The molecule has 0 radical (unpaired) electrons. The summed E-state index contributed by atoms with van der Waals surface area (Å²) in [4.78, 5) is 15.6. The summed E-state index contributed by atoms with van der Waals surface area (Å²) in [5.41, 5.74) is 1.21. The molecule has 2 atom stereocenters. The maximum absolute atomic E-state index is 13.2. The van der Waals surface area contributed by atoms with E-state index >= 15 is 0 Å². The maximum Gasteiger partial charge on any atom is 0.272 e. The van der Waals surface area contributed by atoms with Crippen LogP contribution in [0.5, 0.6) is 5.75 Å². The third kappa shape index (κ3) is 3.90. The molecule has 2 aromatic rings. The van der Waals surface area contributed by atoms with Gasteiger partial charge in [0.15, 0.2) is 5.69 Å². The van der Waals surface area contributed by atoms with E-state index in [-0.39, 0.29) is 11.9 Å². The first-order valence-electron chi connectivity index (χ1n) is 12.4. The summed E-state index contributed by atoms with van der Waals surface area (Å²) in [6, 6.07) is 10.8. The van der Waals surface area contributed by atoms with E-state index in [1.54, 1.807) is 7.11 Å². The lowest BCUT2D eigenvalue weighted by molar-refractivity contribution is -0.136. The smallest absolute Gasteiger partial charge is 0.272 e. The fraction of sp³-hybridized carbons (Fsp3) is 0.615. The zero-order chi connectivity index (χ0) is 22.7. The van der Waals surface area contributed by atoms with E-state index in [2.05, 4.69) is 27.4 Å². The molecule has 0 spiro atoms. The molecule has 5 saturated carbocycles. The molecule has 0 aliphatic heterocycles. The summed E-state index contributed by atoms with van der Waals surface area (Å²) < 4.78 is 7.13. The van der Waals surface area contributed by atoms with Crippen molar-refractivity contribution >= 4 is 11.7 Å². The van der Waals surface area contributed by atoms with Gasteiger partial charge in [-0.1, -0.05) is 12.1 Å². The van der Waals surface area contributed by atoms with Crippen LogP contribution < -0.4 is 15.0 Å². The van der Waals surface area contributed by atoms with Gasteiger partial charge in [-0.2, -0.15) is 5.10 Å². The first-order valence-corrected chi connectivity index (χ1v) is 12.4. The monoisotopic (exact) mass is 450 g/mol. The number of aromatic nitrogens is 2. The third-order valence-electron chi connectivity index (χ3n) is 8.42. The van der Waals surface area contributed by atoms with Crippen LogP contribution in [0.2, 0.25) is 0 Å². The lowest BCUT2D eigenvalue weighted by Gasteiger charge is -2.58. The zero-order valence-electron chi connectivity index (χ0n) is 19.5. The first kappa shape index (κ1) is 21.0. The van der Waals surface area contributed by atoms with Crippen molar-refractivity contribution < 1.29 is 14.6 Å². The molecule has 5 aliphatic rings. The highest BCUT2D eigenvalue weighted by Crippen LogP contribution is 2.55. The third-order valence-corrected chi connectivity index (χ3v) is 8.42. The fourth-order valence-electron chi connectivity index (χ4n) is 6.99. The minimum absolute atomic E-state index is 0.0819. The number of anilines is 1. The Morgan fingerprint density at radius 1 is 1.21 bits per heavy atom. The molecule has 1 heterocycles. The van der Waals surface area contributed by atoms with Gasteiger partial charge >= 0.3 is 0 Å². The molecule has 4 bridgehead atoms. The highest BCUT2D eigenvalue weighted by molar-refractivity contribution is 5.93. The number of aliphatic hydroxyl groups is 1. The van der Waals surface area contributed by atoms with Crippen LogP contribution in [0.15, 0.2) is 30.3 Å². The summed E-state index contributed by atoms with van der Waals surface area (Å²) in [5.74, 6) is 3.18. The summed E-state index contributed by atoms with van der Waals surface area (Å²) >= 11 is 0. The molecule has 1 aromatic heterocycles. The van der Waals surface area contributed by atoms with Gasteiger partial charge in [0, 0.05) is 31.7 Å². The Balaban J connectivity index is 1.18. The molecule has 7 nitrogen and oxygen atoms in total. The SMILES string of the molecule is COc1ccc(CN(c2cc(C(=O)N[C@H]3C4CC5CC3C[C@](O)(C5)C4)nn2C)C2CC2)cc1. The topological polar surface area (TPSA) is 79.6 Å². The highest BCUT2D eigenvalue weighted by atomic mass is 16.5. The van der Waals surface area contributed by atoms with Gasteiger partial charge in [-0.05, 0) is 80.4 Å². The van der Waals surface area contributed by atoms with Gasteiger partial charge in [0.05, 0.1) is 12.7 Å². The number of amides is 1. The number of rotatable bonds is 7. The van der Waals surface area contributed by atoms with Crippen molar-refractivity contribution in [1.29, 1.82) is 0 Å². The summed E-state index contributed by atoms with van der Waals surface area (Å²) in [6.07, 6.45) is 7.21. The minimum Gasteiger partial charge on any atom is -0.497 e. The number of benzene rings is 1. The molecule has 2 N–H and O–H groups in total. The average molecular weight is 451 g/mol. The van der Waals surface area contributed by atoms with Crippen molar-refractivity contribution in [3.8, 4) is 5.75 Å². The number of hydrogen-bond donors (Lipinski definition) is 2. The Bertz CT molecular complexity index is 1030. The number of ether oxygens (including phenoxy) is 1. The molecule has 7 rings (SSSR count). The van der Waals surface area contributed by atoms with Gasteiger partial charge < -0.3 is 20.1 Å². The van der Waals surface area contributed by atoms with E-state index < -0.39 is 5.60 Å². The number of aryl methyl sites for hydroxylation is 1. The lowest BCUT2D eigenvalue weighted by Crippen LogP contribution is -2.61. The molecule has 1 amide bonds. The van der Waals surface area contributed by atoms with Crippen LogP contribution in [-0.4, -0.2) is 45.6 Å². The van der Waals surface area contributed by atoms with Crippen LogP contribution in [-0.2, 0) is 13.6 Å². The zero-order valence-corrected chi connectivity index (χ0v) is 19.5. The molecular formula is C26H34N4O3. The minimum atomic E-state index is -0.484. The van der Waals surface area contributed by atoms with Crippen molar-refractivity contribution in [2.75, 3.05) is 12.0 Å². The van der Waals surface area contributed by atoms with Crippen molar-refractivity contribution in [2.24, 2.45) is 24.8 Å². The van der Waals surface area contributed by atoms with E-state index in [9.17, 15) is 9.90 Å². The molecule has 0 saturated heterocycles. The van der Waals surface area contributed by atoms with Crippen LogP contribution in [0, 0.1) is 17.8 Å². The van der Waals surface area contributed by atoms with Crippen LogP contribution in [0.3, 0.4) is 0 Å². The van der Waals surface area contributed by atoms with Crippen LogP contribution in [0.4, 0.5) is 5.82 Å². The molecule has 1 aromatic carbocycles. The number of methoxy groups -OCH3 is 1. The molecule has 5 aliphatic carbocycles. The molecule has 5 fully saturated rings. The standard InChI is InChI=1S/C26H34N4O3/c1-29-23(30(20-5-6-20)15-16-3-7-21(33-2)8-4-16)11-22(28-29)25(31)27-24-18-9-17-10-19(24)14-26(32,12-17)13-18/h3-4,7-8,11,17-20,24,32H,5-6,9-10,12-15H2,1-2H3,(H,27,31)/t17?,18?,19?,24-,26-. The fourth-order valence-corrected chi connectivity index (χ4v) is 6.99. The Hall–Kier alpha value is -2.54. The molecule has 7 heteroatoms. The summed E-state index contributed by atoms with van der Waals surface area (Å²) in [5, 5.41) is 18.8. The molecular weight excluding hydrogens is 416 g/mol. The van der Waals surface area contributed by atoms with E-state index in [0.29, 0.717) is 29.5 Å². The quantitative estimate of drug-likeness (QED) is 0.677.